The Morgan fingerprint density at radius 3 is 1.20 bits per heavy atom. The van der Waals surface area contributed by atoms with Crippen molar-refractivity contribution in [2.45, 2.75) is 0 Å². The number of rotatable bonds is 0. The Morgan fingerprint density at radius 2 is 1.20 bits per heavy atom. The zero-order valence-corrected chi connectivity index (χ0v) is 9.33. The van der Waals surface area contributed by atoms with Gasteiger partial charge in [-0.2, -0.15) is 0 Å². The molecule has 0 aliphatic carbocycles. The molecule has 56 valence electrons. The molecule has 0 amide bonds. The Kier molecular flexibility index (Phi) is 25.5. The molecule has 6 heteroatoms. The van der Waals surface area contributed by atoms with Gasteiger partial charge in [-0.3, -0.25) is 16.1 Å². The fourth-order valence-corrected chi connectivity index (χ4v) is 0.145. The van der Waals surface area contributed by atoms with Crippen LogP contribution in [0.15, 0.2) is 0 Å². The van der Waals surface area contributed by atoms with E-state index in [0.717, 1.165) is 0 Å². The summed E-state index contributed by atoms with van der Waals surface area (Å²) in [7, 11) is 0. The second kappa shape index (κ2) is 11.2. The van der Waals surface area contributed by atoms with Gasteiger partial charge in [-0.25, -0.2) is 0 Å². The average molecular weight is 197 g/mol. The minimum absolute atomic E-state index is 0. The summed E-state index contributed by atoms with van der Waals surface area (Å²) in [5.74, 6) is -0.625. The molecule has 0 aromatic rings. The summed E-state index contributed by atoms with van der Waals surface area (Å²) in [4.78, 5) is 0. The SMILES string of the molecule is N=C(N)NC(=N)N.[CH3-].[CH3-].[Zn+2]. The van der Waals surface area contributed by atoms with Gasteiger partial charge in [-0.15, -0.1) is 0 Å². The minimum Gasteiger partial charge on any atom is -0.370 e. The van der Waals surface area contributed by atoms with Crippen molar-refractivity contribution in [2.24, 2.45) is 11.5 Å². The minimum atomic E-state index is -0.312. The quantitative estimate of drug-likeness (QED) is 0.152. The third-order valence-corrected chi connectivity index (χ3v) is 0.269. The third-order valence-electron chi connectivity index (χ3n) is 0.269. The number of nitrogens with two attached hydrogens (primary N) is 2. The molecular formula is C4H13N5Zn. The second-order valence-electron chi connectivity index (χ2n) is 0.952. The summed E-state index contributed by atoms with van der Waals surface area (Å²) >= 11 is 0. The molecule has 0 radical (unpaired) electrons. The van der Waals surface area contributed by atoms with Gasteiger partial charge in [-0.05, 0) is 0 Å². The largest absolute Gasteiger partial charge is 2.00 e. The molecule has 0 spiro atoms. The number of guanidine groups is 2. The first-order chi connectivity index (χ1) is 3.13. The number of hydrogen-bond donors (Lipinski definition) is 5. The van der Waals surface area contributed by atoms with Crippen molar-refractivity contribution in [1.29, 1.82) is 10.8 Å². The predicted octanol–water partition coefficient (Wildman–Crippen LogP) is -0.739. The Balaban J connectivity index is -0.0000000600. The molecule has 0 saturated heterocycles. The fourth-order valence-electron chi connectivity index (χ4n) is 0.145. The van der Waals surface area contributed by atoms with Crippen LogP contribution in [0.5, 0.6) is 0 Å². The van der Waals surface area contributed by atoms with Crippen molar-refractivity contribution in [3.8, 4) is 0 Å². The van der Waals surface area contributed by atoms with E-state index in [9.17, 15) is 0 Å². The predicted molar refractivity (Wildman–Crippen MR) is 39.8 cm³/mol. The van der Waals surface area contributed by atoms with E-state index in [0.29, 0.717) is 0 Å². The molecule has 10 heavy (non-hydrogen) atoms. The van der Waals surface area contributed by atoms with Crippen molar-refractivity contribution in [2.75, 3.05) is 0 Å². The molecule has 0 rings (SSSR count). The van der Waals surface area contributed by atoms with Gasteiger partial charge < -0.3 is 26.3 Å². The van der Waals surface area contributed by atoms with Crippen molar-refractivity contribution in [1.82, 2.24) is 5.32 Å². The van der Waals surface area contributed by atoms with E-state index in [4.69, 9.17) is 22.3 Å². The Hall–Kier alpha value is -0.637. The molecule has 0 bridgehead atoms. The van der Waals surface area contributed by atoms with Crippen molar-refractivity contribution >= 4 is 11.9 Å². The Morgan fingerprint density at radius 1 is 1.00 bits per heavy atom. The first-order valence-corrected chi connectivity index (χ1v) is 1.58. The summed E-state index contributed by atoms with van der Waals surface area (Å²) in [6, 6.07) is 0. The molecule has 0 aliphatic heterocycles. The van der Waals surface area contributed by atoms with Crippen LogP contribution in [0, 0.1) is 25.7 Å². The van der Waals surface area contributed by atoms with Crippen molar-refractivity contribution < 1.29 is 19.5 Å². The third kappa shape index (κ3) is 26.4. The molecule has 0 aromatic heterocycles. The van der Waals surface area contributed by atoms with Gasteiger partial charge in [0.1, 0.15) is 0 Å². The molecular weight excluding hydrogens is 183 g/mol. The summed E-state index contributed by atoms with van der Waals surface area (Å²) in [5.41, 5.74) is 9.49. The second-order valence-corrected chi connectivity index (χ2v) is 0.952. The van der Waals surface area contributed by atoms with Crippen LogP contribution in [0.4, 0.5) is 0 Å². The van der Waals surface area contributed by atoms with Crippen LogP contribution in [0.25, 0.3) is 0 Å². The molecule has 0 unspecified atom stereocenters. The summed E-state index contributed by atoms with van der Waals surface area (Å²) in [5, 5.41) is 15.0. The molecule has 0 aliphatic rings. The van der Waals surface area contributed by atoms with Crippen LogP contribution in [-0.4, -0.2) is 11.9 Å². The van der Waals surface area contributed by atoms with Crippen LogP contribution in [0.2, 0.25) is 0 Å². The summed E-state index contributed by atoms with van der Waals surface area (Å²) in [6.45, 7) is 0. The number of hydrogen-bond acceptors (Lipinski definition) is 2. The Labute approximate surface area is 74.3 Å². The van der Waals surface area contributed by atoms with Crippen LogP contribution in [0.3, 0.4) is 0 Å². The zero-order valence-electron chi connectivity index (χ0n) is 6.36. The monoisotopic (exact) mass is 195 g/mol. The molecule has 0 atom stereocenters. The van der Waals surface area contributed by atoms with E-state index in [2.05, 4.69) is 0 Å². The van der Waals surface area contributed by atoms with Gasteiger partial charge in [0, 0.05) is 0 Å². The van der Waals surface area contributed by atoms with Crippen molar-refractivity contribution in [3.05, 3.63) is 14.9 Å². The average Bonchev–Trinajstić information content (AvgIpc) is 1.27. The van der Waals surface area contributed by atoms with Gasteiger partial charge in [0.15, 0.2) is 11.9 Å². The van der Waals surface area contributed by atoms with Gasteiger partial charge in [0.2, 0.25) is 0 Å². The smallest absolute Gasteiger partial charge is 0.370 e. The van der Waals surface area contributed by atoms with Crippen LogP contribution >= 0.6 is 0 Å². The van der Waals surface area contributed by atoms with Gasteiger partial charge in [-0.1, -0.05) is 0 Å². The fraction of sp³-hybridized carbons (Fsp3) is 0. The van der Waals surface area contributed by atoms with E-state index >= 15 is 0 Å². The molecule has 5 nitrogen and oxygen atoms in total. The topological polar surface area (TPSA) is 112 Å². The maximum atomic E-state index is 6.47. The van der Waals surface area contributed by atoms with E-state index in [1.54, 1.807) is 0 Å². The Bertz CT molecular complexity index is 89.8. The van der Waals surface area contributed by atoms with Gasteiger partial charge in [0.25, 0.3) is 0 Å². The first-order valence-electron chi connectivity index (χ1n) is 1.58. The van der Waals surface area contributed by atoms with E-state index in [-0.39, 0.29) is 46.3 Å². The van der Waals surface area contributed by atoms with Crippen molar-refractivity contribution in [3.63, 3.8) is 0 Å². The molecule has 0 heterocycles. The maximum absolute atomic E-state index is 6.47. The first kappa shape index (κ1) is 22.8. The molecule has 0 fully saturated rings. The van der Waals surface area contributed by atoms with Crippen LogP contribution in [-0.2, 0) is 19.5 Å². The zero-order chi connectivity index (χ0) is 5.86. The van der Waals surface area contributed by atoms with Gasteiger partial charge in [0.05, 0.1) is 0 Å². The van der Waals surface area contributed by atoms with E-state index in [1.165, 1.54) is 0 Å². The van der Waals surface area contributed by atoms with E-state index < -0.39 is 0 Å². The van der Waals surface area contributed by atoms with Gasteiger partial charge >= 0.3 is 19.5 Å². The normalized spacial score (nSPS) is 5.20. The molecule has 7 N–H and O–H groups in total. The maximum Gasteiger partial charge on any atom is 2.00 e. The molecule has 0 aromatic carbocycles. The molecule has 0 saturated carbocycles. The number of nitrogens with one attached hydrogen (secondary N) is 3. The van der Waals surface area contributed by atoms with Crippen LogP contribution < -0.4 is 16.8 Å². The standard InChI is InChI=1S/C2H7N5.2CH3.Zn/c3-1(4)7-2(5)6;;;/h(H7,3,4,5,6,7);2*1H3;/q;2*-1;+2. The summed E-state index contributed by atoms with van der Waals surface area (Å²) in [6.07, 6.45) is 0. The van der Waals surface area contributed by atoms with E-state index in [1.807, 2.05) is 5.32 Å². The summed E-state index contributed by atoms with van der Waals surface area (Å²) < 4.78 is 0. The van der Waals surface area contributed by atoms with Crippen LogP contribution in [0.1, 0.15) is 0 Å².